The minimum Gasteiger partial charge on any atom is -0.266 e. The molecular weight excluding hydrogens is 261 g/mol. The molecule has 0 spiro atoms. The van der Waals surface area contributed by atoms with E-state index in [1.807, 2.05) is 0 Å². The van der Waals surface area contributed by atoms with Gasteiger partial charge >= 0.3 is 0 Å². The summed E-state index contributed by atoms with van der Waals surface area (Å²) < 4.78 is 13.2. The molecule has 1 heterocycles. The minimum atomic E-state index is -0.509. The number of imide groups is 1. The summed E-state index contributed by atoms with van der Waals surface area (Å²) in [4.78, 5) is 28.6. The Labute approximate surface area is 114 Å². The predicted molar refractivity (Wildman–Crippen MR) is 69.3 cm³/mol. The van der Waals surface area contributed by atoms with Gasteiger partial charge in [-0.3, -0.25) is 14.4 Å². The lowest BCUT2D eigenvalue weighted by Crippen LogP contribution is -2.28. The molecule has 100 valence electrons. The lowest BCUT2D eigenvalue weighted by Gasteiger charge is -2.07. The molecule has 0 aliphatic carbocycles. The summed E-state index contributed by atoms with van der Waals surface area (Å²) in [5.74, 6) is -1.35. The first kappa shape index (κ1) is 12.5. The van der Waals surface area contributed by atoms with Crippen LogP contribution >= 0.6 is 0 Å². The van der Waals surface area contributed by atoms with Gasteiger partial charge in [-0.05, 0) is 35.4 Å². The molecule has 3 rings (SSSR count). The highest BCUT2D eigenvalue weighted by molar-refractivity contribution is 6.20. The van der Waals surface area contributed by atoms with Crippen LogP contribution in [0.4, 0.5) is 4.39 Å². The van der Waals surface area contributed by atoms with Crippen LogP contribution in [-0.2, 0) is 4.84 Å². The molecule has 0 aromatic heterocycles. The van der Waals surface area contributed by atoms with Gasteiger partial charge in [-0.1, -0.05) is 18.2 Å². The maximum atomic E-state index is 13.2. The lowest BCUT2D eigenvalue weighted by atomic mass is 10.0. The van der Waals surface area contributed by atoms with Crippen molar-refractivity contribution in [3.63, 3.8) is 0 Å². The zero-order valence-corrected chi connectivity index (χ0v) is 10.6. The quantitative estimate of drug-likeness (QED) is 0.789. The fourth-order valence-electron chi connectivity index (χ4n) is 2.23. The molecule has 0 saturated carbocycles. The SMILES string of the molecule is CON1C(=O)c2ccc(-c3cccc(F)c3)cc2C1=O. The van der Waals surface area contributed by atoms with Crippen LogP contribution in [0.15, 0.2) is 42.5 Å². The van der Waals surface area contributed by atoms with Crippen LogP contribution in [0.5, 0.6) is 0 Å². The van der Waals surface area contributed by atoms with Gasteiger partial charge in [-0.25, -0.2) is 4.39 Å². The number of benzene rings is 2. The number of hydroxylamine groups is 2. The molecule has 2 aromatic carbocycles. The van der Waals surface area contributed by atoms with Crippen molar-refractivity contribution in [1.82, 2.24) is 5.06 Å². The Balaban J connectivity index is 2.10. The summed E-state index contributed by atoms with van der Waals surface area (Å²) >= 11 is 0. The fraction of sp³-hybridized carbons (Fsp3) is 0.0667. The van der Waals surface area contributed by atoms with Gasteiger partial charge in [0.05, 0.1) is 18.2 Å². The summed E-state index contributed by atoms with van der Waals surface area (Å²) in [5, 5.41) is 0.708. The zero-order chi connectivity index (χ0) is 14.3. The van der Waals surface area contributed by atoms with Gasteiger partial charge in [0.1, 0.15) is 5.82 Å². The molecule has 5 heteroatoms. The van der Waals surface area contributed by atoms with Gasteiger partial charge in [0, 0.05) is 0 Å². The van der Waals surface area contributed by atoms with Crippen LogP contribution in [0.25, 0.3) is 11.1 Å². The Morgan fingerprint density at radius 2 is 1.65 bits per heavy atom. The van der Waals surface area contributed by atoms with Crippen LogP contribution in [0.2, 0.25) is 0 Å². The van der Waals surface area contributed by atoms with E-state index in [0.29, 0.717) is 16.2 Å². The highest BCUT2D eigenvalue weighted by Crippen LogP contribution is 2.28. The minimum absolute atomic E-state index is 0.263. The van der Waals surface area contributed by atoms with Gasteiger partial charge in [-0.15, -0.1) is 5.06 Å². The molecule has 0 saturated heterocycles. The van der Waals surface area contributed by atoms with Crippen molar-refractivity contribution >= 4 is 11.8 Å². The lowest BCUT2D eigenvalue weighted by molar-refractivity contribution is -0.0645. The van der Waals surface area contributed by atoms with Crippen molar-refractivity contribution < 1.29 is 18.8 Å². The molecule has 0 fully saturated rings. The number of hydrogen-bond donors (Lipinski definition) is 0. The van der Waals surface area contributed by atoms with Crippen molar-refractivity contribution in [3.05, 3.63) is 59.4 Å². The third kappa shape index (κ3) is 1.80. The monoisotopic (exact) mass is 271 g/mol. The Morgan fingerprint density at radius 3 is 2.35 bits per heavy atom. The van der Waals surface area contributed by atoms with E-state index < -0.39 is 11.8 Å². The van der Waals surface area contributed by atoms with E-state index in [4.69, 9.17) is 4.84 Å². The standard InChI is InChI=1S/C15H10FNO3/c1-20-17-14(18)12-6-5-10(8-13(12)15(17)19)9-3-2-4-11(16)7-9/h2-8H,1H3. The Hall–Kier alpha value is -2.53. The van der Waals surface area contributed by atoms with Crippen molar-refractivity contribution in [1.29, 1.82) is 0 Å². The normalized spacial score (nSPS) is 13.8. The van der Waals surface area contributed by atoms with Crippen molar-refractivity contribution in [2.24, 2.45) is 0 Å². The second-order valence-electron chi connectivity index (χ2n) is 4.36. The summed E-state index contributed by atoms with van der Waals surface area (Å²) in [6.45, 7) is 0. The molecule has 0 atom stereocenters. The van der Waals surface area contributed by atoms with E-state index in [2.05, 4.69) is 0 Å². The number of carbonyl (C=O) groups excluding carboxylic acids is 2. The number of halogens is 1. The second-order valence-corrected chi connectivity index (χ2v) is 4.36. The molecular formula is C15H10FNO3. The third-order valence-electron chi connectivity index (χ3n) is 3.19. The summed E-state index contributed by atoms with van der Waals surface area (Å²) in [6, 6.07) is 10.8. The highest BCUT2D eigenvalue weighted by Gasteiger charge is 2.36. The summed E-state index contributed by atoms with van der Waals surface area (Å²) in [7, 11) is 1.26. The maximum Gasteiger partial charge on any atom is 0.285 e. The number of rotatable bonds is 2. The smallest absolute Gasteiger partial charge is 0.266 e. The number of nitrogens with zero attached hydrogens (tertiary/aromatic N) is 1. The average molecular weight is 271 g/mol. The van der Waals surface area contributed by atoms with Crippen molar-refractivity contribution in [2.45, 2.75) is 0 Å². The van der Waals surface area contributed by atoms with Gasteiger partial charge in [0.2, 0.25) is 0 Å². The van der Waals surface area contributed by atoms with Crippen LogP contribution in [0, 0.1) is 5.82 Å². The molecule has 1 aliphatic rings. The van der Waals surface area contributed by atoms with Gasteiger partial charge in [0.25, 0.3) is 11.8 Å². The molecule has 2 aromatic rings. The van der Waals surface area contributed by atoms with Crippen LogP contribution in [-0.4, -0.2) is 24.0 Å². The van der Waals surface area contributed by atoms with Crippen molar-refractivity contribution in [3.8, 4) is 11.1 Å². The third-order valence-corrected chi connectivity index (χ3v) is 3.19. The van der Waals surface area contributed by atoms with Gasteiger partial charge in [-0.2, -0.15) is 0 Å². The molecule has 1 aliphatic heterocycles. The van der Waals surface area contributed by atoms with E-state index in [9.17, 15) is 14.0 Å². The highest BCUT2D eigenvalue weighted by atomic mass is 19.1. The number of hydrogen-bond acceptors (Lipinski definition) is 3. The molecule has 20 heavy (non-hydrogen) atoms. The van der Waals surface area contributed by atoms with E-state index in [1.165, 1.54) is 19.2 Å². The van der Waals surface area contributed by atoms with Gasteiger partial charge < -0.3 is 0 Å². The Bertz CT molecular complexity index is 727. The van der Waals surface area contributed by atoms with E-state index in [0.717, 1.165) is 0 Å². The first-order valence-corrected chi connectivity index (χ1v) is 5.94. The molecule has 0 N–H and O–H groups in total. The molecule has 0 radical (unpaired) electrons. The zero-order valence-electron chi connectivity index (χ0n) is 10.6. The van der Waals surface area contributed by atoms with E-state index >= 15 is 0 Å². The van der Waals surface area contributed by atoms with Crippen molar-refractivity contribution in [2.75, 3.05) is 7.11 Å². The topological polar surface area (TPSA) is 46.6 Å². The second kappa shape index (κ2) is 4.54. The van der Waals surface area contributed by atoms with Crippen LogP contribution < -0.4 is 0 Å². The van der Waals surface area contributed by atoms with Crippen LogP contribution in [0.1, 0.15) is 20.7 Å². The van der Waals surface area contributed by atoms with Gasteiger partial charge in [0.15, 0.2) is 0 Å². The van der Waals surface area contributed by atoms with E-state index in [-0.39, 0.29) is 16.9 Å². The van der Waals surface area contributed by atoms with E-state index in [1.54, 1.807) is 30.3 Å². The fourth-order valence-corrected chi connectivity index (χ4v) is 2.23. The largest absolute Gasteiger partial charge is 0.285 e. The summed E-state index contributed by atoms with van der Waals surface area (Å²) in [5.41, 5.74) is 1.86. The Morgan fingerprint density at radius 1 is 0.950 bits per heavy atom. The summed E-state index contributed by atoms with van der Waals surface area (Å²) in [6.07, 6.45) is 0. The molecule has 2 amide bonds. The predicted octanol–water partition coefficient (Wildman–Crippen LogP) is 2.65. The average Bonchev–Trinajstić information content (AvgIpc) is 2.70. The molecule has 4 nitrogen and oxygen atoms in total. The molecule has 0 unspecified atom stereocenters. The number of amides is 2. The Kier molecular flexibility index (Phi) is 2.84. The molecule has 0 bridgehead atoms. The maximum absolute atomic E-state index is 13.2. The first-order chi connectivity index (χ1) is 9.61. The number of fused-ring (bicyclic) bond motifs is 1. The first-order valence-electron chi connectivity index (χ1n) is 5.94. The number of carbonyl (C=O) groups is 2. The van der Waals surface area contributed by atoms with Crippen LogP contribution in [0.3, 0.4) is 0 Å².